The topological polar surface area (TPSA) is 51.1 Å². The van der Waals surface area contributed by atoms with Crippen molar-refractivity contribution in [3.63, 3.8) is 0 Å². The molecule has 0 unspecified atom stereocenters. The SMILES string of the molecule is COc1ccc2c(Cc3c(Cl)cncc3Cl)nnc(N3CCCC3)c2c1. The third-order valence-electron chi connectivity index (χ3n) is 4.75. The number of hydrogen-bond acceptors (Lipinski definition) is 5. The van der Waals surface area contributed by atoms with Crippen LogP contribution in [0.25, 0.3) is 10.8 Å². The molecule has 0 saturated carbocycles. The number of rotatable bonds is 4. The van der Waals surface area contributed by atoms with Gasteiger partial charge in [-0.3, -0.25) is 4.98 Å². The molecule has 1 aliphatic heterocycles. The number of halogens is 2. The van der Waals surface area contributed by atoms with E-state index in [1.165, 1.54) is 12.8 Å². The maximum atomic E-state index is 6.29. The minimum Gasteiger partial charge on any atom is -0.497 e. The van der Waals surface area contributed by atoms with Crippen LogP contribution in [0.5, 0.6) is 5.75 Å². The van der Waals surface area contributed by atoms with E-state index in [1.54, 1.807) is 19.5 Å². The van der Waals surface area contributed by atoms with E-state index in [0.29, 0.717) is 16.5 Å². The molecule has 1 fully saturated rings. The van der Waals surface area contributed by atoms with Gasteiger partial charge in [-0.05, 0) is 36.6 Å². The summed E-state index contributed by atoms with van der Waals surface area (Å²) in [5.74, 6) is 1.71. The van der Waals surface area contributed by atoms with E-state index in [-0.39, 0.29) is 0 Å². The summed E-state index contributed by atoms with van der Waals surface area (Å²) in [6.45, 7) is 2.00. The van der Waals surface area contributed by atoms with E-state index in [2.05, 4.69) is 20.1 Å². The lowest BCUT2D eigenvalue weighted by atomic mass is 10.0. The molecule has 0 amide bonds. The highest BCUT2D eigenvalue weighted by molar-refractivity contribution is 6.35. The van der Waals surface area contributed by atoms with E-state index < -0.39 is 0 Å². The number of nitrogens with zero attached hydrogens (tertiary/aromatic N) is 4. The van der Waals surface area contributed by atoms with Crippen molar-refractivity contribution in [2.24, 2.45) is 0 Å². The number of fused-ring (bicyclic) bond motifs is 1. The van der Waals surface area contributed by atoms with E-state index in [4.69, 9.17) is 27.9 Å². The Morgan fingerprint density at radius 3 is 2.46 bits per heavy atom. The third-order valence-corrected chi connectivity index (χ3v) is 5.40. The fraction of sp³-hybridized carbons (Fsp3) is 0.316. The fourth-order valence-corrected chi connectivity index (χ4v) is 3.87. The van der Waals surface area contributed by atoms with Gasteiger partial charge in [-0.25, -0.2) is 0 Å². The summed E-state index contributed by atoms with van der Waals surface area (Å²) in [4.78, 5) is 6.30. The Labute approximate surface area is 161 Å². The zero-order chi connectivity index (χ0) is 18.1. The molecule has 0 N–H and O–H groups in total. The molecule has 0 spiro atoms. The maximum Gasteiger partial charge on any atom is 0.159 e. The zero-order valence-corrected chi connectivity index (χ0v) is 15.9. The number of anilines is 1. The Bertz CT molecular complexity index is 937. The molecule has 7 heteroatoms. The Kier molecular flexibility index (Phi) is 4.83. The summed E-state index contributed by atoms with van der Waals surface area (Å²) in [5.41, 5.74) is 1.64. The summed E-state index contributed by atoms with van der Waals surface area (Å²) >= 11 is 12.6. The largest absolute Gasteiger partial charge is 0.497 e. The number of methoxy groups -OCH3 is 1. The average Bonchev–Trinajstić information content (AvgIpc) is 3.18. The van der Waals surface area contributed by atoms with Crippen LogP contribution in [-0.2, 0) is 6.42 Å². The molecule has 2 aromatic heterocycles. The van der Waals surface area contributed by atoms with Gasteiger partial charge in [-0.1, -0.05) is 23.2 Å². The molecule has 0 aliphatic carbocycles. The average molecular weight is 389 g/mol. The van der Waals surface area contributed by atoms with Crippen LogP contribution in [-0.4, -0.2) is 35.4 Å². The Hall–Kier alpha value is -2.11. The minimum absolute atomic E-state index is 0.496. The Balaban J connectivity index is 1.84. The van der Waals surface area contributed by atoms with Gasteiger partial charge in [0.2, 0.25) is 0 Å². The van der Waals surface area contributed by atoms with Crippen molar-refractivity contribution < 1.29 is 4.74 Å². The van der Waals surface area contributed by atoms with Crippen molar-refractivity contribution in [3.05, 3.63) is 51.9 Å². The predicted molar refractivity (Wildman–Crippen MR) is 105 cm³/mol. The van der Waals surface area contributed by atoms with Crippen molar-refractivity contribution in [2.45, 2.75) is 19.3 Å². The van der Waals surface area contributed by atoms with Gasteiger partial charge in [0.05, 0.1) is 22.8 Å². The molecule has 5 nitrogen and oxygen atoms in total. The van der Waals surface area contributed by atoms with Crippen LogP contribution >= 0.6 is 23.2 Å². The molecule has 4 rings (SSSR count). The summed E-state index contributed by atoms with van der Waals surface area (Å²) < 4.78 is 5.42. The third kappa shape index (κ3) is 3.17. The smallest absolute Gasteiger partial charge is 0.159 e. The molecule has 1 aliphatic rings. The summed E-state index contributed by atoms with van der Waals surface area (Å²) in [6.07, 6.45) is 6.05. The van der Waals surface area contributed by atoms with Gasteiger partial charge >= 0.3 is 0 Å². The van der Waals surface area contributed by atoms with Gasteiger partial charge in [0.1, 0.15) is 5.75 Å². The van der Waals surface area contributed by atoms with E-state index >= 15 is 0 Å². The quantitative estimate of drug-likeness (QED) is 0.656. The molecule has 3 aromatic rings. The van der Waals surface area contributed by atoms with Crippen LogP contribution < -0.4 is 9.64 Å². The number of pyridine rings is 1. The Morgan fingerprint density at radius 2 is 1.77 bits per heavy atom. The van der Waals surface area contributed by atoms with Crippen LogP contribution in [0.1, 0.15) is 24.1 Å². The van der Waals surface area contributed by atoms with Crippen LogP contribution in [0.2, 0.25) is 10.0 Å². The highest BCUT2D eigenvalue weighted by Crippen LogP contribution is 2.33. The lowest BCUT2D eigenvalue weighted by Crippen LogP contribution is -2.20. The second kappa shape index (κ2) is 7.25. The van der Waals surface area contributed by atoms with Gasteiger partial charge in [0.25, 0.3) is 0 Å². The number of aromatic nitrogens is 3. The molecule has 0 atom stereocenters. The normalized spacial score (nSPS) is 14.2. The van der Waals surface area contributed by atoms with Gasteiger partial charge in [0.15, 0.2) is 5.82 Å². The van der Waals surface area contributed by atoms with Gasteiger partial charge in [0, 0.05) is 42.7 Å². The maximum absolute atomic E-state index is 6.29. The standard InChI is InChI=1S/C19H18Cl2N4O/c1-26-12-4-5-13-14(8-12)19(25-6-2-3-7-25)24-23-18(13)9-15-16(20)10-22-11-17(15)21/h4-5,8,10-11H,2-3,6-7,9H2,1H3. The second-order valence-corrected chi connectivity index (χ2v) is 7.15. The fourth-order valence-electron chi connectivity index (χ4n) is 3.37. The predicted octanol–water partition coefficient (Wildman–Crippen LogP) is 4.53. The Morgan fingerprint density at radius 1 is 1.04 bits per heavy atom. The van der Waals surface area contributed by atoms with Gasteiger partial charge < -0.3 is 9.64 Å². The van der Waals surface area contributed by atoms with Crippen molar-refractivity contribution in [1.29, 1.82) is 0 Å². The van der Waals surface area contributed by atoms with Crippen LogP contribution in [0.15, 0.2) is 30.6 Å². The van der Waals surface area contributed by atoms with Crippen molar-refractivity contribution in [3.8, 4) is 5.75 Å². The molecule has 1 aromatic carbocycles. The molecule has 3 heterocycles. The summed E-state index contributed by atoms with van der Waals surface area (Å²) in [5, 5.41) is 12.2. The molecule has 26 heavy (non-hydrogen) atoms. The highest BCUT2D eigenvalue weighted by atomic mass is 35.5. The van der Waals surface area contributed by atoms with Crippen molar-refractivity contribution >= 4 is 39.8 Å². The first-order valence-electron chi connectivity index (χ1n) is 8.53. The molecular formula is C19H18Cl2N4O. The zero-order valence-electron chi connectivity index (χ0n) is 14.4. The summed E-state index contributed by atoms with van der Waals surface area (Å²) in [7, 11) is 1.67. The first-order valence-corrected chi connectivity index (χ1v) is 9.29. The second-order valence-electron chi connectivity index (χ2n) is 6.33. The van der Waals surface area contributed by atoms with Crippen molar-refractivity contribution in [1.82, 2.24) is 15.2 Å². The van der Waals surface area contributed by atoms with Crippen LogP contribution in [0, 0.1) is 0 Å². The highest BCUT2D eigenvalue weighted by Gasteiger charge is 2.20. The van der Waals surface area contributed by atoms with Gasteiger partial charge in [-0.2, -0.15) is 5.10 Å². The molecule has 134 valence electrons. The monoisotopic (exact) mass is 388 g/mol. The van der Waals surface area contributed by atoms with Crippen LogP contribution in [0.3, 0.4) is 0 Å². The minimum atomic E-state index is 0.496. The molecule has 0 radical (unpaired) electrons. The molecule has 1 saturated heterocycles. The van der Waals surface area contributed by atoms with Gasteiger partial charge in [-0.15, -0.1) is 5.10 Å². The van der Waals surface area contributed by atoms with Crippen molar-refractivity contribution in [2.75, 3.05) is 25.1 Å². The van der Waals surface area contributed by atoms with E-state index in [1.807, 2.05) is 18.2 Å². The first-order chi connectivity index (χ1) is 12.7. The summed E-state index contributed by atoms with van der Waals surface area (Å²) in [6, 6.07) is 5.99. The number of hydrogen-bond donors (Lipinski definition) is 0. The van der Waals surface area contributed by atoms with E-state index in [0.717, 1.165) is 46.7 Å². The number of ether oxygens (including phenoxy) is 1. The van der Waals surface area contributed by atoms with E-state index in [9.17, 15) is 0 Å². The number of benzene rings is 1. The first kappa shape index (κ1) is 17.3. The molecule has 0 bridgehead atoms. The lowest BCUT2D eigenvalue weighted by Gasteiger charge is -2.19. The molecular weight excluding hydrogens is 371 g/mol. The lowest BCUT2D eigenvalue weighted by molar-refractivity contribution is 0.415. The van der Waals surface area contributed by atoms with Crippen LogP contribution in [0.4, 0.5) is 5.82 Å².